The predicted octanol–water partition coefficient (Wildman–Crippen LogP) is 4.76. The molecule has 2 aromatic carbocycles. The first-order valence-electron chi connectivity index (χ1n) is 19.0. The van der Waals surface area contributed by atoms with Crippen molar-refractivity contribution < 1.29 is 33.4 Å². The highest BCUT2D eigenvalue weighted by Crippen LogP contribution is 2.34. The van der Waals surface area contributed by atoms with Gasteiger partial charge in [-0.15, -0.1) is 0 Å². The zero-order valence-electron chi connectivity index (χ0n) is 31.7. The predicted molar refractivity (Wildman–Crippen MR) is 201 cm³/mol. The van der Waals surface area contributed by atoms with E-state index < -0.39 is 29.5 Å². The number of ketones is 3. The maximum atomic E-state index is 14.2. The summed E-state index contributed by atoms with van der Waals surface area (Å²) in [5.41, 5.74) is 1.08. The van der Waals surface area contributed by atoms with E-state index in [0.29, 0.717) is 58.6 Å². The molecule has 284 valence electrons. The second-order valence-corrected chi connectivity index (χ2v) is 15.7. The van der Waals surface area contributed by atoms with Crippen molar-refractivity contribution in [2.45, 2.75) is 97.2 Å². The number of morpholine rings is 1. The highest BCUT2D eigenvalue weighted by atomic mass is 16.6. The number of Topliss-reactive ketones (excluding diaryl/α,β-unsaturated/α-hetero) is 3. The van der Waals surface area contributed by atoms with E-state index in [2.05, 4.69) is 10.6 Å². The molecule has 2 heterocycles. The summed E-state index contributed by atoms with van der Waals surface area (Å²) in [4.78, 5) is 70.9. The molecule has 10 nitrogen and oxygen atoms in total. The molecule has 0 saturated carbocycles. The normalized spacial score (nSPS) is 19.8. The Morgan fingerprint density at radius 2 is 1.29 bits per heavy atom. The molecule has 5 atom stereocenters. The maximum Gasteiger partial charge on any atom is 0.234 e. The Morgan fingerprint density at radius 3 is 1.87 bits per heavy atom. The first-order chi connectivity index (χ1) is 24.8. The third-order valence-corrected chi connectivity index (χ3v) is 9.99. The van der Waals surface area contributed by atoms with Crippen molar-refractivity contribution >= 4 is 29.2 Å². The van der Waals surface area contributed by atoms with Crippen molar-refractivity contribution in [1.82, 2.24) is 15.5 Å². The number of aryl methyl sites for hydroxylation is 1. The molecule has 10 heteroatoms. The van der Waals surface area contributed by atoms with E-state index in [1.165, 1.54) is 0 Å². The monoisotopic (exact) mass is 717 g/mol. The Bertz CT molecular complexity index is 1470. The number of nitrogens with zero attached hydrogens (tertiary/aromatic N) is 1. The summed E-state index contributed by atoms with van der Waals surface area (Å²) in [5, 5.41) is 6.02. The van der Waals surface area contributed by atoms with Crippen LogP contribution >= 0.6 is 0 Å². The van der Waals surface area contributed by atoms with Gasteiger partial charge in [0, 0.05) is 37.8 Å². The topological polar surface area (TPSA) is 134 Å². The molecule has 2 N–H and O–H groups in total. The summed E-state index contributed by atoms with van der Waals surface area (Å²) < 4.78 is 10.9. The van der Waals surface area contributed by atoms with Crippen LogP contribution < -0.4 is 10.6 Å². The van der Waals surface area contributed by atoms with Crippen LogP contribution in [-0.4, -0.2) is 91.2 Å². The molecule has 2 fully saturated rings. The van der Waals surface area contributed by atoms with E-state index >= 15 is 0 Å². The lowest BCUT2D eigenvalue weighted by atomic mass is 9.82. The highest BCUT2D eigenvalue weighted by molar-refractivity contribution is 5.98. The van der Waals surface area contributed by atoms with Crippen LogP contribution in [0.15, 0.2) is 60.7 Å². The summed E-state index contributed by atoms with van der Waals surface area (Å²) in [6, 6.07) is 17.7. The van der Waals surface area contributed by atoms with E-state index in [0.717, 1.165) is 11.1 Å². The van der Waals surface area contributed by atoms with Gasteiger partial charge in [0.2, 0.25) is 11.8 Å². The minimum Gasteiger partial charge on any atom is -0.379 e. The summed E-state index contributed by atoms with van der Waals surface area (Å²) in [6.07, 6.45) is 2.15. The number of nitrogens with one attached hydrogen (secondary N) is 2. The Hall–Kier alpha value is -3.73. The molecule has 0 spiro atoms. The smallest absolute Gasteiger partial charge is 0.234 e. The largest absolute Gasteiger partial charge is 0.379 e. The number of carbonyl (C=O) groups is 5. The second-order valence-electron chi connectivity index (χ2n) is 15.7. The van der Waals surface area contributed by atoms with Crippen molar-refractivity contribution in [1.29, 1.82) is 0 Å². The van der Waals surface area contributed by atoms with Gasteiger partial charge in [-0.05, 0) is 62.0 Å². The van der Waals surface area contributed by atoms with Gasteiger partial charge in [-0.25, -0.2) is 0 Å². The third-order valence-electron chi connectivity index (χ3n) is 9.99. The molecule has 2 amide bonds. The van der Waals surface area contributed by atoms with Crippen molar-refractivity contribution in [3.63, 3.8) is 0 Å². The average Bonchev–Trinajstić information content (AvgIpc) is 3.87. The summed E-state index contributed by atoms with van der Waals surface area (Å²) in [5.74, 6) is -2.04. The van der Waals surface area contributed by atoms with E-state index in [-0.39, 0.29) is 66.8 Å². The molecule has 2 aromatic rings. The Balaban J connectivity index is 1.51. The van der Waals surface area contributed by atoms with Gasteiger partial charge in [0.25, 0.3) is 0 Å². The van der Waals surface area contributed by atoms with E-state index in [1.54, 1.807) is 6.92 Å². The van der Waals surface area contributed by atoms with Crippen molar-refractivity contribution in [3.05, 3.63) is 71.8 Å². The summed E-state index contributed by atoms with van der Waals surface area (Å²) in [6.45, 7) is 12.7. The SMILES string of the molecule is CC(C)C[C@H](CC(=O)[C@H](CCc1ccccc1)NC(=O)CN1CCOCC1)C(=O)N[C@@H](Cc1ccccc1)C(=O)C[C@@H](CC(C)C)C(=O)[C@@]1(C)CO1. The van der Waals surface area contributed by atoms with Gasteiger partial charge < -0.3 is 20.1 Å². The number of rotatable bonds is 22. The van der Waals surface area contributed by atoms with Gasteiger partial charge in [0.1, 0.15) is 5.60 Å². The number of epoxide rings is 1. The van der Waals surface area contributed by atoms with Gasteiger partial charge in [0.05, 0.1) is 38.4 Å². The zero-order valence-corrected chi connectivity index (χ0v) is 31.7. The van der Waals surface area contributed by atoms with Gasteiger partial charge in [-0.2, -0.15) is 0 Å². The fraction of sp³-hybridized carbons (Fsp3) is 0.595. The average molecular weight is 718 g/mol. The van der Waals surface area contributed by atoms with Crippen molar-refractivity contribution in [3.8, 4) is 0 Å². The summed E-state index contributed by atoms with van der Waals surface area (Å²) in [7, 11) is 0. The number of carbonyl (C=O) groups excluding carboxylic acids is 5. The lowest BCUT2D eigenvalue weighted by molar-refractivity contribution is -0.135. The maximum absolute atomic E-state index is 14.2. The number of amides is 2. The van der Waals surface area contributed by atoms with Crippen LogP contribution in [-0.2, 0) is 46.3 Å². The van der Waals surface area contributed by atoms with Crippen LogP contribution in [0.25, 0.3) is 0 Å². The number of ether oxygens (including phenoxy) is 2. The van der Waals surface area contributed by atoms with Gasteiger partial charge in [-0.1, -0.05) is 88.4 Å². The fourth-order valence-corrected chi connectivity index (χ4v) is 7.01. The first-order valence-corrected chi connectivity index (χ1v) is 19.0. The van der Waals surface area contributed by atoms with Gasteiger partial charge in [0.15, 0.2) is 17.3 Å². The zero-order chi connectivity index (χ0) is 37.7. The first kappa shape index (κ1) is 41.0. The molecule has 4 rings (SSSR count). The van der Waals surface area contributed by atoms with E-state index in [9.17, 15) is 24.0 Å². The van der Waals surface area contributed by atoms with E-state index in [4.69, 9.17) is 9.47 Å². The molecular weight excluding hydrogens is 658 g/mol. The molecule has 0 bridgehead atoms. The Morgan fingerprint density at radius 1 is 0.750 bits per heavy atom. The highest BCUT2D eigenvalue weighted by Gasteiger charge is 2.50. The van der Waals surface area contributed by atoms with Crippen LogP contribution in [0.5, 0.6) is 0 Å². The minimum atomic E-state index is -0.878. The Labute approximate surface area is 309 Å². The van der Waals surface area contributed by atoms with E-state index in [1.807, 2.05) is 93.3 Å². The van der Waals surface area contributed by atoms with Crippen LogP contribution in [0, 0.1) is 23.7 Å². The van der Waals surface area contributed by atoms with Crippen molar-refractivity contribution in [2.75, 3.05) is 39.5 Å². The molecule has 2 aliphatic heterocycles. The van der Waals surface area contributed by atoms with Crippen molar-refractivity contribution in [2.24, 2.45) is 23.7 Å². The van der Waals surface area contributed by atoms with Crippen LogP contribution in [0.1, 0.15) is 77.8 Å². The fourth-order valence-electron chi connectivity index (χ4n) is 7.01. The number of benzene rings is 2. The molecular formula is C42H59N3O7. The summed E-state index contributed by atoms with van der Waals surface area (Å²) >= 11 is 0. The van der Waals surface area contributed by atoms with Crippen LogP contribution in [0.3, 0.4) is 0 Å². The van der Waals surface area contributed by atoms with Gasteiger partial charge in [-0.3, -0.25) is 28.9 Å². The van der Waals surface area contributed by atoms with Gasteiger partial charge >= 0.3 is 0 Å². The molecule has 0 aromatic heterocycles. The van der Waals surface area contributed by atoms with Crippen LogP contribution in [0.4, 0.5) is 0 Å². The molecule has 0 aliphatic carbocycles. The molecule has 0 unspecified atom stereocenters. The lowest BCUT2D eigenvalue weighted by Crippen LogP contribution is -2.49. The minimum absolute atomic E-state index is 0.00173. The third kappa shape index (κ3) is 13.4. The Kier molecular flexibility index (Phi) is 15.7. The molecule has 0 radical (unpaired) electrons. The molecule has 2 aliphatic rings. The lowest BCUT2D eigenvalue weighted by Gasteiger charge is -2.28. The number of hydrogen-bond acceptors (Lipinski definition) is 8. The van der Waals surface area contributed by atoms with Crippen LogP contribution in [0.2, 0.25) is 0 Å². The number of hydrogen-bond donors (Lipinski definition) is 2. The standard InChI is InChI=1S/C42H59N3O7/c1-29(2)22-33(40(49)42(5)28-52-42)25-38(47)36(24-32-14-10-7-11-15-32)44-41(50)34(23-30(3)4)26-37(46)35(17-16-31-12-8-6-9-13-31)43-39(48)27-45-18-20-51-21-19-45/h6-15,29-30,33-36H,16-28H2,1-5H3,(H,43,48)(H,44,50)/t33-,34-,35+,36+,42-/m1/s1. The molecule has 2 saturated heterocycles. The quantitative estimate of drug-likeness (QED) is 0.167. The second kappa shape index (κ2) is 19.9. The molecule has 52 heavy (non-hydrogen) atoms.